The van der Waals surface area contributed by atoms with E-state index in [0.717, 1.165) is 0 Å². The van der Waals surface area contributed by atoms with E-state index < -0.39 is 11.8 Å². The Bertz CT molecular complexity index is 925. The van der Waals surface area contributed by atoms with Gasteiger partial charge in [-0.1, -0.05) is 24.3 Å². The first-order valence-corrected chi connectivity index (χ1v) is 7.89. The number of hydrogen-bond acceptors (Lipinski definition) is 4. The highest BCUT2D eigenvalue weighted by molar-refractivity contribution is 6.45. The Labute approximate surface area is 150 Å². The van der Waals surface area contributed by atoms with Gasteiger partial charge in [-0.25, -0.2) is 0 Å². The lowest BCUT2D eigenvalue weighted by atomic mass is 10.2. The quantitative estimate of drug-likeness (QED) is 0.500. The molecule has 130 valence electrons. The largest absolute Gasteiger partial charge is 0.508 e. The Hall–Kier alpha value is -3.80. The second-order valence-corrected chi connectivity index (χ2v) is 5.57. The van der Waals surface area contributed by atoms with Gasteiger partial charge in [0.05, 0.1) is 0 Å². The number of nitrogens with two attached hydrogens (primary N) is 1. The van der Waals surface area contributed by atoms with Crippen molar-refractivity contribution in [3.05, 3.63) is 78.9 Å². The molecule has 2 amide bonds. The Kier molecular flexibility index (Phi) is 4.85. The van der Waals surface area contributed by atoms with E-state index in [9.17, 15) is 14.7 Å². The fourth-order valence-electron chi connectivity index (χ4n) is 2.45. The van der Waals surface area contributed by atoms with Gasteiger partial charge in [-0.3, -0.25) is 14.5 Å². The normalized spacial score (nSPS) is 10.2. The number of nitrogens with one attached hydrogen (secondary N) is 1. The van der Waals surface area contributed by atoms with Crippen LogP contribution >= 0.6 is 0 Å². The molecule has 0 aliphatic rings. The van der Waals surface area contributed by atoms with Crippen molar-refractivity contribution in [3.63, 3.8) is 0 Å². The third-order valence-electron chi connectivity index (χ3n) is 3.67. The fraction of sp³-hybridized carbons (Fsp3) is 0. The minimum atomic E-state index is -0.823. The number of phenolic OH excluding ortho intramolecular Hbond substituents is 1. The molecule has 0 bridgehead atoms. The number of benzene rings is 3. The number of aromatic hydroxyl groups is 1. The molecule has 0 fully saturated rings. The van der Waals surface area contributed by atoms with E-state index in [4.69, 9.17) is 5.73 Å². The number of para-hydroxylation sites is 1. The Morgan fingerprint density at radius 3 is 2.15 bits per heavy atom. The van der Waals surface area contributed by atoms with Crippen LogP contribution in [0.15, 0.2) is 78.9 Å². The van der Waals surface area contributed by atoms with Crippen LogP contribution < -0.4 is 16.0 Å². The molecule has 0 heterocycles. The van der Waals surface area contributed by atoms with E-state index in [1.54, 1.807) is 60.7 Å². The highest BCUT2D eigenvalue weighted by atomic mass is 16.3. The number of carbonyl (C=O) groups is 2. The van der Waals surface area contributed by atoms with Gasteiger partial charge < -0.3 is 16.2 Å². The number of rotatable bonds is 3. The van der Waals surface area contributed by atoms with Crippen LogP contribution in [-0.4, -0.2) is 16.9 Å². The van der Waals surface area contributed by atoms with Crippen molar-refractivity contribution in [1.29, 1.82) is 0 Å². The van der Waals surface area contributed by atoms with Crippen molar-refractivity contribution in [2.45, 2.75) is 0 Å². The van der Waals surface area contributed by atoms with Crippen molar-refractivity contribution in [1.82, 2.24) is 0 Å². The summed E-state index contributed by atoms with van der Waals surface area (Å²) in [5.74, 6) is -1.59. The first kappa shape index (κ1) is 17.0. The molecule has 0 aromatic heterocycles. The molecule has 0 atom stereocenters. The second kappa shape index (κ2) is 7.40. The maximum absolute atomic E-state index is 12.8. The zero-order valence-electron chi connectivity index (χ0n) is 13.8. The molecule has 3 aromatic rings. The van der Waals surface area contributed by atoms with Gasteiger partial charge in [0.25, 0.3) is 0 Å². The summed E-state index contributed by atoms with van der Waals surface area (Å²) < 4.78 is 0. The summed E-state index contributed by atoms with van der Waals surface area (Å²) in [4.78, 5) is 26.6. The molecule has 0 aliphatic heterocycles. The SMILES string of the molecule is Nc1ccc(N(C(=O)C(=O)Nc2cccc(O)c2)c2ccccc2)cc1. The monoisotopic (exact) mass is 347 g/mol. The van der Waals surface area contributed by atoms with Crippen LogP contribution in [0.5, 0.6) is 5.75 Å². The van der Waals surface area contributed by atoms with Crippen LogP contribution in [0.3, 0.4) is 0 Å². The van der Waals surface area contributed by atoms with Gasteiger partial charge in [0.1, 0.15) is 5.75 Å². The fourth-order valence-corrected chi connectivity index (χ4v) is 2.45. The van der Waals surface area contributed by atoms with Gasteiger partial charge in [-0.05, 0) is 48.5 Å². The van der Waals surface area contributed by atoms with Crippen molar-refractivity contribution < 1.29 is 14.7 Å². The van der Waals surface area contributed by atoms with E-state index in [0.29, 0.717) is 22.7 Å². The van der Waals surface area contributed by atoms with Crippen molar-refractivity contribution in [2.24, 2.45) is 0 Å². The summed E-state index contributed by atoms with van der Waals surface area (Å²) in [7, 11) is 0. The molecule has 0 saturated heterocycles. The van der Waals surface area contributed by atoms with E-state index >= 15 is 0 Å². The molecule has 0 saturated carbocycles. The highest BCUT2D eigenvalue weighted by Gasteiger charge is 2.25. The van der Waals surface area contributed by atoms with Gasteiger partial charge in [0.2, 0.25) is 0 Å². The smallest absolute Gasteiger partial charge is 0.321 e. The first-order chi connectivity index (χ1) is 12.5. The topological polar surface area (TPSA) is 95.7 Å². The van der Waals surface area contributed by atoms with Crippen LogP contribution in [-0.2, 0) is 9.59 Å². The summed E-state index contributed by atoms with van der Waals surface area (Å²) in [5, 5.41) is 12.0. The number of hydrogen-bond donors (Lipinski definition) is 3. The van der Waals surface area contributed by atoms with E-state index in [-0.39, 0.29) is 5.75 Å². The minimum Gasteiger partial charge on any atom is -0.508 e. The van der Waals surface area contributed by atoms with Crippen LogP contribution in [0.4, 0.5) is 22.7 Å². The van der Waals surface area contributed by atoms with Crippen molar-refractivity contribution in [2.75, 3.05) is 16.0 Å². The molecular weight excluding hydrogens is 330 g/mol. The number of phenols is 1. The molecule has 0 aliphatic carbocycles. The molecule has 0 radical (unpaired) electrons. The molecular formula is C20H17N3O3. The van der Waals surface area contributed by atoms with Crippen LogP contribution in [0.2, 0.25) is 0 Å². The Morgan fingerprint density at radius 1 is 0.846 bits per heavy atom. The second-order valence-electron chi connectivity index (χ2n) is 5.57. The van der Waals surface area contributed by atoms with Gasteiger partial charge in [0.15, 0.2) is 0 Å². The predicted octanol–water partition coefficient (Wildman–Crippen LogP) is 3.28. The van der Waals surface area contributed by atoms with E-state index in [1.165, 1.54) is 17.0 Å². The molecule has 0 spiro atoms. The predicted molar refractivity (Wildman–Crippen MR) is 101 cm³/mol. The molecule has 6 nitrogen and oxygen atoms in total. The van der Waals surface area contributed by atoms with E-state index in [2.05, 4.69) is 5.32 Å². The van der Waals surface area contributed by atoms with Crippen LogP contribution in [0.1, 0.15) is 0 Å². The Morgan fingerprint density at radius 2 is 1.50 bits per heavy atom. The number of amides is 2. The van der Waals surface area contributed by atoms with Crippen LogP contribution in [0, 0.1) is 0 Å². The minimum absolute atomic E-state index is 0.00583. The summed E-state index contributed by atoms with van der Waals surface area (Å²) in [6.45, 7) is 0. The van der Waals surface area contributed by atoms with Gasteiger partial charge in [0, 0.05) is 28.8 Å². The number of nitrogen functional groups attached to an aromatic ring is 1. The standard InChI is InChI=1S/C20H17N3O3/c21-14-9-11-17(12-10-14)23(16-6-2-1-3-7-16)20(26)19(25)22-15-5-4-8-18(24)13-15/h1-13,24H,21H2,(H,22,25). The third-order valence-corrected chi connectivity index (χ3v) is 3.67. The average Bonchev–Trinajstić information content (AvgIpc) is 2.64. The van der Waals surface area contributed by atoms with Gasteiger partial charge in [-0.15, -0.1) is 0 Å². The molecule has 26 heavy (non-hydrogen) atoms. The van der Waals surface area contributed by atoms with E-state index in [1.807, 2.05) is 6.07 Å². The van der Waals surface area contributed by atoms with Gasteiger partial charge in [-0.2, -0.15) is 0 Å². The van der Waals surface area contributed by atoms with Crippen LogP contribution in [0.25, 0.3) is 0 Å². The molecule has 6 heteroatoms. The average molecular weight is 347 g/mol. The summed E-state index contributed by atoms with van der Waals surface area (Å²) in [6, 6.07) is 21.5. The molecule has 4 N–H and O–H groups in total. The Balaban J connectivity index is 1.92. The molecule has 3 rings (SSSR count). The maximum Gasteiger partial charge on any atom is 0.321 e. The number of nitrogens with zero attached hydrogens (tertiary/aromatic N) is 1. The third kappa shape index (κ3) is 3.81. The first-order valence-electron chi connectivity index (χ1n) is 7.89. The van der Waals surface area contributed by atoms with Gasteiger partial charge >= 0.3 is 11.8 Å². The summed E-state index contributed by atoms with van der Waals surface area (Å²) in [5.41, 5.74) is 7.66. The summed E-state index contributed by atoms with van der Waals surface area (Å²) in [6.07, 6.45) is 0. The number of carbonyl (C=O) groups excluding carboxylic acids is 2. The lowest BCUT2D eigenvalue weighted by molar-refractivity contribution is -0.134. The molecule has 0 unspecified atom stereocenters. The highest BCUT2D eigenvalue weighted by Crippen LogP contribution is 2.26. The zero-order valence-corrected chi connectivity index (χ0v) is 13.8. The van der Waals surface area contributed by atoms with Crippen molar-refractivity contribution >= 4 is 34.6 Å². The molecule has 3 aromatic carbocycles. The maximum atomic E-state index is 12.8. The lowest BCUT2D eigenvalue weighted by Crippen LogP contribution is -2.36. The van der Waals surface area contributed by atoms with Crippen molar-refractivity contribution in [3.8, 4) is 5.75 Å². The lowest BCUT2D eigenvalue weighted by Gasteiger charge is -2.22. The zero-order chi connectivity index (χ0) is 18.5. The summed E-state index contributed by atoms with van der Waals surface area (Å²) >= 11 is 0. The number of anilines is 4.